The van der Waals surface area contributed by atoms with E-state index in [1.54, 1.807) is 6.92 Å². The Hall–Kier alpha value is -0.280. The number of esters is 1. The monoisotopic (exact) mass is 391 g/mol. The summed E-state index contributed by atoms with van der Waals surface area (Å²) in [5.41, 5.74) is 0. The largest absolute Gasteiger partial charge is 1.00 e. The molecule has 0 aliphatic heterocycles. The summed E-state index contributed by atoms with van der Waals surface area (Å²) in [5.74, 6) is -0.129. The van der Waals surface area contributed by atoms with Crippen molar-refractivity contribution in [2.75, 3.05) is 27.2 Å². The third-order valence-corrected chi connectivity index (χ3v) is 5.03. The van der Waals surface area contributed by atoms with Gasteiger partial charge >= 0.3 is 5.97 Å². The Kier molecular flexibility index (Phi) is 19.4. The van der Waals surface area contributed by atoms with Crippen molar-refractivity contribution in [1.82, 2.24) is 0 Å². The van der Waals surface area contributed by atoms with E-state index < -0.39 is 0 Å². The van der Waals surface area contributed by atoms with Gasteiger partial charge in [0.05, 0.1) is 20.6 Å². The molecule has 3 nitrogen and oxygen atoms in total. The molecule has 0 spiro atoms. The molecule has 26 heavy (non-hydrogen) atoms. The number of quaternary nitrogens is 1. The van der Waals surface area contributed by atoms with Gasteiger partial charge in [0.25, 0.3) is 0 Å². The fourth-order valence-corrected chi connectivity index (χ4v) is 3.54. The average Bonchev–Trinajstić information content (AvgIpc) is 2.53. The SMILES string of the molecule is CCCCCCCCC(C[N+](C)(C)CCCCCCCC)OC(C)=O.[Cl-]. The van der Waals surface area contributed by atoms with Gasteiger partial charge in [0.1, 0.15) is 6.54 Å². The molecule has 0 N–H and O–H groups in total. The predicted octanol–water partition coefficient (Wildman–Crippen LogP) is 3.11. The Morgan fingerprint density at radius 2 is 1.27 bits per heavy atom. The van der Waals surface area contributed by atoms with Gasteiger partial charge in [-0.15, -0.1) is 0 Å². The quantitative estimate of drug-likeness (QED) is 0.216. The van der Waals surface area contributed by atoms with Crippen molar-refractivity contribution < 1.29 is 26.4 Å². The highest BCUT2D eigenvalue weighted by Crippen LogP contribution is 2.15. The molecule has 0 aliphatic rings. The fraction of sp³-hybridized carbons (Fsp3) is 0.955. The fourth-order valence-electron chi connectivity index (χ4n) is 3.54. The molecule has 0 bridgehead atoms. The molecule has 1 unspecified atom stereocenters. The lowest BCUT2D eigenvalue weighted by atomic mass is 10.1. The highest BCUT2D eigenvalue weighted by molar-refractivity contribution is 5.66. The van der Waals surface area contributed by atoms with Crippen LogP contribution in [0.25, 0.3) is 0 Å². The maximum Gasteiger partial charge on any atom is 0.303 e. The molecule has 0 saturated carbocycles. The number of unbranched alkanes of at least 4 members (excludes halogenated alkanes) is 10. The van der Waals surface area contributed by atoms with E-state index in [1.807, 2.05) is 0 Å². The summed E-state index contributed by atoms with van der Waals surface area (Å²) in [6.07, 6.45) is 16.9. The third-order valence-electron chi connectivity index (χ3n) is 5.03. The minimum absolute atomic E-state index is 0. The van der Waals surface area contributed by atoms with Crippen LogP contribution in [-0.4, -0.2) is 43.7 Å². The first-order chi connectivity index (χ1) is 11.9. The maximum absolute atomic E-state index is 11.4. The summed E-state index contributed by atoms with van der Waals surface area (Å²) in [6.45, 7) is 8.19. The zero-order chi connectivity index (χ0) is 19.0. The number of ether oxygens (including phenoxy) is 1. The molecule has 0 aromatic rings. The summed E-state index contributed by atoms with van der Waals surface area (Å²) in [7, 11) is 4.56. The summed E-state index contributed by atoms with van der Waals surface area (Å²) in [5, 5.41) is 0. The van der Waals surface area contributed by atoms with Gasteiger partial charge in [0.15, 0.2) is 6.10 Å². The number of carbonyl (C=O) groups is 1. The van der Waals surface area contributed by atoms with Crippen molar-refractivity contribution in [2.45, 2.75) is 110 Å². The lowest BCUT2D eigenvalue weighted by Crippen LogP contribution is -3.00. The van der Waals surface area contributed by atoms with Gasteiger partial charge in [-0.3, -0.25) is 4.79 Å². The van der Waals surface area contributed by atoms with Crippen LogP contribution in [0.5, 0.6) is 0 Å². The van der Waals surface area contributed by atoms with E-state index in [1.165, 1.54) is 83.6 Å². The standard InChI is InChI=1S/C22H46NO2.ClH/c1-6-8-10-12-14-16-18-22(25-21(3)24)20-23(4,5)19-17-15-13-11-9-7-2;/h22H,6-20H2,1-5H3;1H/q+1;/p-1. The first kappa shape index (κ1) is 27.9. The minimum Gasteiger partial charge on any atom is -1.00 e. The third kappa shape index (κ3) is 18.5. The van der Waals surface area contributed by atoms with Gasteiger partial charge < -0.3 is 21.6 Å². The molecule has 0 aromatic carbocycles. The molecule has 0 amide bonds. The van der Waals surface area contributed by atoms with Gasteiger partial charge in [-0.05, 0) is 25.7 Å². The van der Waals surface area contributed by atoms with E-state index in [9.17, 15) is 4.79 Å². The van der Waals surface area contributed by atoms with E-state index in [4.69, 9.17) is 4.74 Å². The Morgan fingerprint density at radius 3 is 1.77 bits per heavy atom. The first-order valence-corrected chi connectivity index (χ1v) is 10.9. The Bertz CT molecular complexity index is 321. The Morgan fingerprint density at radius 1 is 0.808 bits per heavy atom. The van der Waals surface area contributed by atoms with Gasteiger partial charge in [-0.2, -0.15) is 0 Å². The predicted molar refractivity (Wildman–Crippen MR) is 109 cm³/mol. The van der Waals surface area contributed by atoms with E-state index in [2.05, 4.69) is 27.9 Å². The normalized spacial score (nSPS) is 12.5. The number of carbonyl (C=O) groups excluding carboxylic acids is 1. The molecular weight excluding hydrogens is 346 g/mol. The zero-order valence-electron chi connectivity index (χ0n) is 18.3. The van der Waals surface area contributed by atoms with Crippen molar-refractivity contribution in [1.29, 1.82) is 0 Å². The number of likely N-dealkylation sites (N-methyl/N-ethyl adjacent to an activating group) is 1. The van der Waals surface area contributed by atoms with Gasteiger partial charge in [-0.25, -0.2) is 0 Å². The van der Waals surface area contributed by atoms with Crippen LogP contribution < -0.4 is 12.4 Å². The van der Waals surface area contributed by atoms with Crippen molar-refractivity contribution in [3.8, 4) is 0 Å². The molecule has 0 aromatic heterocycles. The van der Waals surface area contributed by atoms with Crippen molar-refractivity contribution in [3.63, 3.8) is 0 Å². The van der Waals surface area contributed by atoms with Crippen LogP contribution in [0.4, 0.5) is 0 Å². The second-order valence-electron chi connectivity index (χ2n) is 8.40. The molecule has 4 heteroatoms. The van der Waals surface area contributed by atoms with Crippen LogP contribution in [0.1, 0.15) is 104 Å². The molecule has 0 aliphatic carbocycles. The van der Waals surface area contributed by atoms with Crippen molar-refractivity contribution in [3.05, 3.63) is 0 Å². The number of rotatable bonds is 17. The lowest BCUT2D eigenvalue weighted by Gasteiger charge is -2.33. The van der Waals surface area contributed by atoms with Crippen LogP contribution in [0.15, 0.2) is 0 Å². The Balaban J connectivity index is 0. The van der Waals surface area contributed by atoms with Crippen LogP contribution in [-0.2, 0) is 9.53 Å². The second-order valence-corrected chi connectivity index (χ2v) is 8.40. The first-order valence-electron chi connectivity index (χ1n) is 10.9. The zero-order valence-corrected chi connectivity index (χ0v) is 19.1. The molecule has 0 radical (unpaired) electrons. The summed E-state index contributed by atoms with van der Waals surface area (Å²) < 4.78 is 6.58. The highest BCUT2D eigenvalue weighted by atomic mass is 35.5. The van der Waals surface area contributed by atoms with Gasteiger partial charge in [0, 0.05) is 6.92 Å². The van der Waals surface area contributed by atoms with Gasteiger partial charge in [-0.1, -0.05) is 71.6 Å². The smallest absolute Gasteiger partial charge is 0.303 e. The average molecular weight is 392 g/mol. The van der Waals surface area contributed by atoms with E-state index in [-0.39, 0.29) is 24.5 Å². The van der Waals surface area contributed by atoms with Crippen LogP contribution in [0.2, 0.25) is 0 Å². The van der Waals surface area contributed by atoms with E-state index >= 15 is 0 Å². The second kappa shape index (κ2) is 18.1. The molecule has 158 valence electrons. The molecule has 0 saturated heterocycles. The molecule has 1 atom stereocenters. The van der Waals surface area contributed by atoms with E-state index in [0.717, 1.165) is 17.4 Å². The van der Waals surface area contributed by atoms with Crippen molar-refractivity contribution >= 4 is 5.97 Å². The number of hydrogen-bond donors (Lipinski definition) is 0. The highest BCUT2D eigenvalue weighted by Gasteiger charge is 2.23. The number of nitrogens with zero attached hydrogens (tertiary/aromatic N) is 1. The summed E-state index contributed by atoms with van der Waals surface area (Å²) >= 11 is 0. The summed E-state index contributed by atoms with van der Waals surface area (Å²) in [4.78, 5) is 11.4. The number of halogens is 1. The maximum atomic E-state index is 11.4. The molecule has 0 rings (SSSR count). The van der Waals surface area contributed by atoms with Gasteiger partial charge in [0.2, 0.25) is 0 Å². The van der Waals surface area contributed by atoms with Crippen LogP contribution in [0.3, 0.4) is 0 Å². The number of hydrogen-bond acceptors (Lipinski definition) is 2. The molecular formula is C22H46ClNO2. The lowest BCUT2D eigenvalue weighted by molar-refractivity contribution is -0.893. The summed E-state index contributed by atoms with van der Waals surface area (Å²) in [6, 6.07) is 0. The van der Waals surface area contributed by atoms with Crippen LogP contribution >= 0.6 is 0 Å². The van der Waals surface area contributed by atoms with Crippen molar-refractivity contribution in [2.24, 2.45) is 0 Å². The molecule has 0 heterocycles. The topological polar surface area (TPSA) is 26.3 Å². The minimum atomic E-state index is -0.129. The van der Waals surface area contributed by atoms with E-state index in [0.29, 0.717) is 0 Å². The van der Waals surface area contributed by atoms with Crippen LogP contribution in [0, 0.1) is 0 Å². The Labute approximate surface area is 170 Å². The molecule has 0 fully saturated rings.